The Hall–Kier alpha value is -1.14. The number of hydrogen-bond donors (Lipinski definition) is 2. The second kappa shape index (κ2) is 10.6. The maximum atomic E-state index is 12.0. The number of carbonyl (C=O) groups excluding carboxylic acids is 1. The summed E-state index contributed by atoms with van der Waals surface area (Å²) in [4.78, 5) is 14.3. The molecule has 0 aromatic heterocycles. The van der Waals surface area contributed by atoms with Crippen LogP contribution in [0.1, 0.15) is 25.0 Å². The van der Waals surface area contributed by atoms with Gasteiger partial charge in [0.1, 0.15) is 0 Å². The number of benzene rings is 1. The fraction of sp³-hybridized carbons (Fsp3) is 0.588. The topological polar surface area (TPSA) is 53.6 Å². The van der Waals surface area contributed by atoms with Gasteiger partial charge in [-0.15, -0.1) is 12.4 Å². The highest BCUT2D eigenvalue weighted by Gasteiger charge is 2.19. The summed E-state index contributed by atoms with van der Waals surface area (Å²) in [5, 5.41) is 6.33. The van der Waals surface area contributed by atoms with Crippen molar-refractivity contribution in [3.05, 3.63) is 35.4 Å². The molecule has 2 rings (SSSR count). The Morgan fingerprint density at radius 2 is 2.04 bits per heavy atom. The summed E-state index contributed by atoms with van der Waals surface area (Å²) in [7, 11) is 0. The Kier molecular flexibility index (Phi) is 9.17. The molecule has 1 amide bonds. The number of nitrogens with zero attached hydrogens (tertiary/aromatic N) is 1. The zero-order valence-electron chi connectivity index (χ0n) is 14.0. The maximum absolute atomic E-state index is 12.0. The summed E-state index contributed by atoms with van der Waals surface area (Å²) >= 11 is 0. The van der Waals surface area contributed by atoms with E-state index in [9.17, 15) is 4.79 Å². The molecule has 0 aliphatic carbocycles. The largest absolute Gasteiger partial charge is 0.377 e. The zero-order chi connectivity index (χ0) is 15.8. The molecule has 1 atom stereocenters. The number of piperazine rings is 1. The predicted molar refractivity (Wildman–Crippen MR) is 94.8 cm³/mol. The van der Waals surface area contributed by atoms with Crippen molar-refractivity contribution in [1.29, 1.82) is 0 Å². The molecular weight excluding hydrogens is 314 g/mol. The summed E-state index contributed by atoms with van der Waals surface area (Å²) in [6.07, 6.45) is 0. The standard InChI is InChI=1S/C17H27N3O2.ClH/c1-3-22-13-16-6-4-15(5-7-16)11-19-17(21)12-20-9-8-18-10-14(20)2;/h4-7,14,18H,3,8-13H2,1-2H3,(H,19,21);1H/t14-;/m0./s1. The number of ether oxygens (including phenoxy) is 1. The summed E-state index contributed by atoms with van der Waals surface area (Å²) in [5.74, 6) is 0.0899. The van der Waals surface area contributed by atoms with Crippen molar-refractivity contribution >= 4 is 18.3 Å². The molecule has 1 saturated heterocycles. The average Bonchev–Trinajstić information content (AvgIpc) is 2.54. The van der Waals surface area contributed by atoms with Crippen molar-refractivity contribution in [3.8, 4) is 0 Å². The number of halogens is 1. The molecule has 0 saturated carbocycles. The third kappa shape index (κ3) is 6.87. The average molecular weight is 342 g/mol. The molecule has 6 heteroatoms. The van der Waals surface area contributed by atoms with E-state index >= 15 is 0 Å². The van der Waals surface area contributed by atoms with Crippen molar-refractivity contribution in [2.45, 2.75) is 33.0 Å². The van der Waals surface area contributed by atoms with Crippen molar-refractivity contribution in [3.63, 3.8) is 0 Å². The van der Waals surface area contributed by atoms with Gasteiger partial charge in [-0.1, -0.05) is 24.3 Å². The van der Waals surface area contributed by atoms with E-state index in [1.165, 1.54) is 0 Å². The molecule has 0 radical (unpaired) electrons. The van der Waals surface area contributed by atoms with E-state index in [1.54, 1.807) is 0 Å². The van der Waals surface area contributed by atoms with Crippen LogP contribution < -0.4 is 10.6 Å². The zero-order valence-corrected chi connectivity index (χ0v) is 14.8. The molecule has 0 unspecified atom stereocenters. The Bertz CT molecular complexity index is 467. The van der Waals surface area contributed by atoms with Crippen LogP contribution in [0.15, 0.2) is 24.3 Å². The smallest absolute Gasteiger partial charge is 0.234 e. The number of amides is 1. The lowest BCUT2D eigenvalue weighted by Gasteiger charge is -2.33. The van der Waals surface area contributed by atoms with Gasteiger partial charge in [0.15, 0.2) is 0 Å². The van der Waals surface area contributed by atoms with Crippen molar-refractivity contribution < 1.29 is 9.53 Å². The Labute approximate surface area is 145 Å². The van der Waals surface area contributed by atoms with Gasteiger partial charge in [-0.05, 0) is 25.0 Å². The van der Waals surface area contributed by atoms with E-state index < -0.39 is 0 Å². The van der Waals surface area contributed by atoms with Gasteiger partial charge in [0, 0.05) is 38.8 Å². The van der Waals surface area contributed by atoms with Crippen LogP contribution in [0.25, 0.3) is 0 Å². The quantitative estimate of drug-likeness (QED) is 0.790. The molecule has 1 aliphatic rings. The molecule has 1 fully saturated rings. The van der Waals surface area contributed by atoms with E-state index in [0.29, 0.717) is 25.7 Å². The van der Waals surface area contributed by atoms with Crippen LogP contribution in [-0.2, 0) is 22.7 Å². The summed E-state index contributed by atoms with van der Waals surface area (Å²) < 4.78 is 5.37. The van der Waals surface area contributed by atoms with E-state index in [1.807, 2.05) is 19.1 Å². The minimum atomic E-state index is 0. The lowest BCUT2D eigenvalue weighted by molar-refractivity contribution is -0.123. The Morgan fingerprint density at radius 3 is 2.70 bits per heavy atom. The van der Waals surface area contributed by atoms with Gasteiger partial charge in [-0.2, -0.15) is 0 Å². The highest BCUT2D eigenvalue weighted by Crippen LogP contribution is 2.06. The molecular formula is C17H28ClN3O2. The second-order valence-corrected chi connectivity index (χ2v) is 5.75. The van der Waals surface area contributed by atoms with E-state index in [-0.39, 0.29) is 18.3 Å². The molecule has 1 aliphatic heterocycles. The fourth-order valence-corrected chi connectivity index (χ4v) is 2.53. The first-order valence-corrected chi connectivity index (χ1v) is 8.06. The van der Waals surface area contributed by atoms with Gasteiger partial charge in [0.2, 0.25) is 5.91 Å². The highest BCUT2D eigenvalue weighted by atomic mass is 35.5. The number of nitrogens with one attached hydrogen (secondary N) is 2. The van der Waals surface area contributed by atoms with Gasteiger partial charge in [-0.25, -0.2) is 0 Å². The van der Waals surface area contributed by atoms with Gasteiger partial charge >= 0.3 is 0 Å². The molecule has 1 aromatic rings. The first kappa shape index (κ1) is 19.9. The lowest BCUT2D eigenvalue weighted by atomic mass is 10.1. The van der Waals surface area contributed by atoms with Crippen LogP contribution in [0.3, 0.4) is 0 Å². The number of carbonyl (C=O) groups is 1. The van der Waals surface area contributed by atoms with Gasteiger partial charge in [-0.3, -0.25) is 9.69 Å². The van der Waals surface area contributed by atoms with Crippen molar-refractivity contribution in [2.24, 2.45) is 0 Å². The monoisotopic (exact) mass is 341 g/mol. The second-order valence-electron chi connectivity index (χ2n) is 5.75. The first-order chi connectivity index (χ1) is 10.7. The summed E-state index contributed by atoms with van der Waals surface area (Å²) in [6, 6.07) is 8.60. The first-order valence-electron chi connectivity index (χ1n) is 8.06. The maximum Gasteiger partial charge on any atom is 0.234 e. The molecule has 1 aromatic carbocycles. The molecule has 23 heavy (non-hydrogen) atoms. The lowest BCUT2D eigenvalue weighted by Crippen LogP contribution is -2.52. The molecule has 2 N–H and O–H groups in total. The molecule has 5 nitrogen and oxygen atoms in total. The molecule has 0 spiro atoms. The van der Waals surface area contributed by atoms with E-state index in [0.717, 1.165) is 37.4 Å². The fourth-order valence-electron chi connectivity index (χ4n) is 2.53. The number of rotatable bonds is 7. The highest BCUT2D eigenvalue weighted by molar-refractivity contribution is 5.85. The van der Waals surface area contributed by atoms with Crippen molar-refractivity contribution in [1.82, 2.24) is 15.5 Å². The van der Waals surface area contributed by atoms with E-state index in [2.05, 4.69) is 34.6 Å². The van der Waals surface area contributed by atoms with Crippen LogP contribution in [-0.4, -0.2) is 49.6 Å². The van der Waals surface area contributed by atoms with Crippen molar-refractivity contribution in [2.75, 3.05) is 32.8 Å². The van der Waals surface area contributed by atoms with Crippen LogP contribution >= 0.6 is 12.4 Å². The minimum Gasteiger partial charge on any atom is -0.377 e. The van der Waals surface area contributed by atoms with Gasteiger partial charge in [0.25, 0.3) is 0 Å². The third-order valence-electron chi connectivity index (χ3n) is 3.97. The summed E-state index contributed by atoms with van der Waals surface area (Å²) in [5.41, 5.74) is 2.27. The van der Waals surface area contributed by atoms with Crippen LogP contribution in [0.2, 0.25) is 0 Å². The molecule has 1 heterocycles. The normalized spacial score (nSPS) is 18.3. The Balaban J connectivity index is 0.00000264. The van der Waals surface area contributed by atoms with Crippen LogP contribution in [0, 0.1) is 0 Å². The third-order valence-corrected chi connectivity index (χ3v) is 3.97. The minimum absolute atomic E-state index is 0. The predicted octanol–water partition coefficient (Wildman–Crippen LogP) is 1.55. The van der Waals surface area contributed by atoms with Gasteiger partial charge in [0.05, 0.1) is 13.2 Å². The van der Waals surface area contributed by atoms with E-state index in [4.69, 9.17) is 4.74 Å². The van der Waals surface area contributed by atoms with Crippen LogP contribution in [0.5, 0.6) is 0 Å². The van der Waals surface area contributed by atoms with Gasteiger partial charge < -0.3 is 15.4 Å². The molecule has 0 bridgehead atoms. The van der Waals surface area contributed by atoms with Crippen LogP contribution in [0.4, 0.5) is 0 Å². The number of hydrogen-bond acceptors (Lipinski definition) is 4. The SMILES string of the molecule is CCOCc1ccc(CNC(=O)CN2CCNC[C@@H]2C)cc1.Cl. The summed E-state index contributed by atoms with van der Waals surface area (Å²) in [6.45, 7) is 9.40. The molecule has 130 valence electrons. The Morgan fingerprint density at radius 1 is 1.35 bits per heavy atom.